The molecule has 0 saturated carbocycles. The van der Waals surface area contributed by atoms with Crippen LogP contribution in [0.1, 0.15) is 60.5 Å². The van der Waals surface area contributed by atoms with Gasteiger partial charge in [-0.3, -0.25) is 4.79 Å². The summed E-state index contributed by atoms with van der Waals surface area (Å²) < 4.78 is 24.0. The summed E-state index contributed by atoms with van der Waals surface area (Å²) in [7, 11) is 1.33. The quantitative estimate of drug-likeness (QED) is 0.254. The first kappa shape index (κ1) is 28.8. The fraction of sp³-hybridized carbons (Fsp3) is 0.731. The molecule has 0 aliphatic carbocycles. The highest BCUT2D eigenvalue weighted by Gasteiger charge is 2.45. The lowest BCUT2D eigenvalue weighted by Gasteiger charge is -2.44. The zero-order valence-corrected chi connectivity index (χ0v) is 23.2. The smallest absolute Gasteiger partial charge is 0.192 e. The van der Waals surface area contributed by atoms with Gasteiger partial charge in [-0.05, 0) is 49.2 Å². The van der Waals surface area contributed by atoms with E-state index in [1.165, 1.54) is 0 Å². The van der Waals surface area contributed by atoms with Crippen molar-refractivity contribution >= 4 is 14.1 Å². The molecule has 0 unspecified atom stereocenters. The summed E-state index contributed by atoms with van der Waals surface area (Å²) in [6.45, 7) is 20.1. The summed E-state index contributed by atoms with van der Waals surface area (Å²) in [5.41, 5.74) is 0.515. The Morgan fingerprint density at radius 1 is 1.03 bits per heavy atom. The maximum Gasteiger partial charge on any atom is 0.192 e. The Morgan fingerprint density at radius 2 is 1.59 bits per heavy atom. The minimum atomic E-state index is -2.02. The summed E-state index contributed by atoms with van der Waals surface area (Å²) in [6, 6.07) is 7.91. The van der Waals surface area contributed by atoms with Crippen LogP contribution in [0.4, 0.5) is 0 Å². The van der Waals surface area contributed by atoms with Crippen LogP contribution in [0.2, 0.25) is 18.1 Å². The number of methoxy groups -OCH3 is 2. The van der Waals surface area contributed by atoms with Gasteiger partial charge in [-0.25, -0.2) is 0 Å². The first-order valence-electron chi connectivity index (χ1n) is 11.6. The van der Waals surface area contributed by atoms with Crippen molar-refractivity contribution in [3.8, 4) is 5.75 Å². The summed E-state index contributed by atoms with van der Waals surface area (Å²) in [6.07, 6.45) is 0.448. The molecule has 184 valence electrons. The highest BCUT2D eigenvalue weighted by molar-refractivity contribution is 6.74. The lowest BCUT2D eigenvalue weighted by atomic mass is 9.75. The molecule has 1 aromatic rings. The largest absolute Gasteiger partial charge is 0.497 e. The average Bonchev–Trinajstić information content (AvgIpc) is 2.69. The Bertz CT molecular complexity index is 706. The van der Waals surface area contributed by atoms with Gasteiger partial charge in [0.25, 0.3) is 0 Å². The molecule has 0 saturated heterocycles. The minimum Gasteiger partial charge on any atom is -0.497 e. The number of hydrogen-bond donors (Lipinski definition) is 0. The molecule has 0 aliphatic heterocycles. The van der Waals surface area contributed by atoms with Crippen molar-refractivity contribution in [2.45, 2.75) is 91.8 Å². The molecule has 0 aliphatic rings. The van der Waals surface area contributed by atoms with E-state index >= 15 is 0 Å². The number of rotatable bonds is 13. The predicted octanol–water partition coefficient (Wildman–Crippen LogP) is 6.26. The van der Waals surface area contributed by atoms with Crippen LogP contribution in [0.3, 0.4) is 0 Å². The highest BCUT2D eigenvalue weighted by atomic mass is 28.4. The maximum atomic E-state index is 12.4. The zero-order valence-electron chi connectivity index (χ0n) is 22.2. The third-order valence-corrected chi connectivity index (χ3v) is 11.7. The highest BCUT2D eigenvalue weighted by Crippen LogP contribution is 2.40. The second-order valence-corrected chi connectivity index (χ2v) is 15.7. The van der Waals surface area contributed by atoms with E-state index in [2.05, 4.69) is 40.8 Å². The molecule has 0 amide bonds. The number of ether oxygens (including phenoxy) is 3. The molecule has 5 nitrogen and oxygen atoms in total. The second-order valence-electron chi connectivity index (χ2n) is 10.9. The normalized spacial score (nSPS) is 15.8. The van der Waals surface area contributed by atoms with Gasteiger partial charge < -0.3 is 18.6 Å². The Kier molecular flexibility index (Phi) is 10.6. The Morgan fingerprint density at radius 3 is 2.03 bits per heavy atom. The van der Waals surface area contributed by atoms with Crippen LogP contribution in [-0.4, -0.2) is 47.1 Å². The number of hydrogen-bond acceptors (Lipinski definition) is 5. The van der Waals surface area contributed by atoms with E-state index < -0.39 is 13.7 Å². The van der Waals surface area contributed by atoms with Gasteiger partial charge in [0.05, 0.1) is 25.9 Å². The molecule has 32 heavy (non-hydrogen) atoms. The summed E-state index contributed by atoms with van der Waals surface area (Å²) in [5, 5.41) is 0.0909. The molecule has 0 bridgehead atoms. The molecule has 0 heterocycles. The van der Waals surface area contributed by atoms with Crippen molar-refractivity contribution in [1.29, 1.82) is 0 Å². The Hall–Kier alpha value is -1.21. The molecular weight excluding hydrogens is 420 g/mol. The molecule has 1 rings (SSSR count). The first-order chi connectivity index (χ1) is 14.7. The molecule has 3 atom stereocenters. The average molecular weight is 467 g/mol. The lowest BCUT2D eigenvalue weighted by molar-refractivity contribution is -0.138. The number of benzene rings is 1. The summed E-state index contributed by atoms with van der Waals surface area (Å²) in [5.74, 6) is 1.000. The van der Waals surface area contributed by atoms with Crippen LogP contribution in [0.5, 0.6) is 5.75 Å². The van der Waals surface area contributed by atoms with Gasteiger partial charge in [0.15, 0.2) is 8.32 Å². The number of carbonyl (C=O) groups excluding carboxylic acids is 1. The van der Waals surface area contributed by atoms with E-state index in [1.54, 1.807) is 21.1 Å². The Balaban J connectivity index is 2.95. The van der Waals surface area contributed by atoms with Crippen molar-refractivity contribution in [2.75, 3.05) is 20.8 Å². The van der Waals surface area contributed by atoms with Crippen LogP contribution >= 0.6 is 0 Å². The Labute approximate surface area is 197 Å². The van der Waals surface area contributed by atoms with Crippen LogP contribution < -0.4 is 4.74 Å². The minimum absolute atomic E-state index is 0.0395. The van der Waals surface area contributed by atoms with Crippen LogP contribution in [-0.2, 0) is 25.3 Å². The second kappa shape index (κ2) is 11.8. The van der Waals surface area contributed by atoms with Crippen LogP contribution in [0.25, 0.3) is 0 Å². The fourth-order valence-corrected chi connectivity index (χ4v) is 5.10. The molecule has 0 fully saturated rings. The molecule has 6 heteroatoms. The zero-order chi connectivity index (χ0) is 24.7. The molecule has 0 spiro atoms. The third kappa shape index (κ3) is 7.68. The van der Waals surface area contributed by atoms with E-state index in [4.69, 9.17) is 18.6 Å². The standard InChI is InChI=1S/C26H46O5Si/c1-19(24(29-9)26(6,7)20(2)27)23(31-32(10,11)25(3,4)5)16-17-30-18-21-12-14-22(28-8)15-13-21/h12-15,19,23-24H,16-18H2,1-11H3/t19-,23+,24+/m1/s1. The SMILES string of the molecule is COc1ccc(COCC[C@H](O[Si](C)(C)C(C)(C)C)[C@@H](C)[C@H](OC)C(C)(C)C(C)=O)cc1. The monoisotopic (exact) mass is 466 g/mol. The van der Waals surface area contributed by atoms with Gasteiger partial charge in [-0.2, -0.15) is 0 Å². The van der Waals surface area contributed by atoms with Gasteiger partial charge in [0, 0.05) is 25.0 Å². The van der Waals surface area contributed by atoms with Crippen LogP contribution in [0.15, 0.2) is 24.3 Å². The maximum absolute atomic E-state index is 12.4. The van der Waals surface area contributed by atoms with Gasteiger partial charge in [-0.1, -0.05) is 53.7 Å². The van der Waals surface area contributed by atoms with Gasteiger partial charge >= 0.3 is 0 Å². The number of carbonyl (C=O) groups is 1. The van der Waals surface area contributed by atoms with Crippen molar-refractivity contribution in [1.82, 2.24) is 0 Å². The number of Topliss-reactive ketones (excluding diaryl/α,β-unsaturated/α-hetero) is 1. The van der Waals surface area contributed by atoms with E-state index in [0.29, 0.717) is 13.2 Å². The van der Waals surface area contributed by atoms with E-state index in [1.807, 2.05) is 38.1 Å². The molecule has 0 aromatic heterocycles. The third-order valence-electron chi connectivity index (χ3n) is 7.16. The van der Waals surface area contributed by atoms with E-state index in [9.17, 15) is 4.79 Å². The molecular formula is C26H46O5Si. The molecule has 1 aromatic carbocycles. The van der Waals surface area contributed by atoms with Crippen molar-refractivity contribution < 1.29 is 23.4 Å². The first-order valence-corrected chi connectivity index (χ1v) is 14.5. The van der Waals surface area contributed by atoms with Crippen molar-refractivity contribution in [3.05, 3.63) is 29.8 Å². The predicted molar refractivity (Wildman–Crippen MR) is 134 cm³/mol. The van der Waals surface area contributed by atoms with Crippen LogP contribution in [0, 0.1) is 11.3 Å². The topological polar surface area (TPSA) is 54.0 Å². The summed E-state index contributed by atoms with van der Waals surface area (Å²) in [4.78, 5) is 12.4. The van der Waals surface area contributed by atoms with E-state index in [0.717, 1.165) is 17.7 Å². The number of ketones is 1. The van der Waals surface area contributed by atoms with E-state index in [-0.39, 0.29) is 28.9 Å². The molecule has 0 radical (unpaired) electrons. The van der Waals surface area contributed by atoms with Gasteiger partial charge in [0.2, 0.25) is 0 Å². The van der Waals surface area contributed by atoms with Gasteiger partial charge in [0.1, 0.15) is 11.5 Å². The lowest BCUT2D eigenvalue weighted by Crippen LogP contribution is -2.51. The van der Waals surface area contributed by atoms with Crippen molar-refractivity contribution in [2.24, 2.45) is 11.3 Å². The van der Waals surface area contributed by atoms with Crippen molar-refractivity contribution in [3.63, 3.8) is 0 Å². The molecule has 0 N–H and O–H groups in total. The summed E-state index contributed by atoms with van der Waals surface area (Å²) >= 11 is 0. The van der Waals surface area contributed by atoms with Gasteiger partial charge in [-0.15, -0.1) is 0 Å². The fourth-order valence-electron chi connectivity index (χ4n) is 3.66.